The van der Waals surface area contributed by atoms with Crippen molar-refractivity contribution < 1.29 is 23.6 Å². The van der Waals surface area contributed by atoms with E-state index in [0.717, 1.165) is 17.7 Å². The topological polar surface area (TPSA) is 49.7 Å². The summed E-state index contributed by atoms with van der Waals surface area (Å²) in [4.78, 5) is 0. The second-order valence-electron chi connectivity index (χ2n) is 3.92. The van der Waals surface area contributed by atoms with Crippen LogP contribution in [0.25, 0.3) is 0 Å². The Balaban J connectivity index is 2.23. The van der Waals surface area contributed by atoms with Crippen LogP contribution in [0.15, 0.2) is 42.5 Å². The number of rotatable bonds is 4. The van der Waals surface area contributed by atoms with Crippen molar-refractivity contribution in [1.29, 1.82) is 0 Å². The maximum atomic E-state index is 13.5. The second-order valence-corrected chi connectivity index (χ2v) is 3.92. The van der Waals surface area contributed by atoms with Gasteiger partial charge in [-0.05, 0) is 17.7 Å². The smallest absolute Gasteiger partial charge is 0.489 e. The summed E-state index contributed by atoms with van der Waals surface area (Å²) in [6.07, 6.45) is 0. The van der Waals surface area contributed by atoms with Gasteiger partial charge < -0.3 is 14.8 Å². The molecular weight excluding hydrogens is 253 g/mol. The first-order chi connectivity index (χ1) is 9.09. The van der Waals surface area contributed by atoms with E-state index in [1.165, 1.54) is 0 Å². The summed E-state index contributed by atoms with van der Waals surface area (Å²) >= 11 is 0. The monoisotopic (exact) mass is 264 g/mol. The number of ether oxygens (including phenoxy) is 1. The van der Waals surface area contributed by atoms with Crippen LogP contribution in [0.1, 0.15) is 5.56 Å². The highest BCUT2D eigenvalue weighted by molar-refractivity contribution is 6.59. The van der Waals surface area contributed by atoms with Crippen LogP contribution in [-0.2, 0) is 6.61 Å². The summed E-state index contributed by atoms with van der Waals surface area (Å²) in [6.45, 7) is 0.117. The maximum absolute atomic E-state index is 13.5. The van der Waals surface area contributed by atoms with Crippen LogP contribution in [0.3, 0.4) is 0 Å². The average Bonchev–Trinajstić information content (AvgIpc) is 2.41. The van der Waals surface area contributed by atoms with E-state index in [1.54, 1.807) is 12.1 Å². The lowest BCUT2D eigenvalue weighted by Crippen LogP contribution is -2.35. The van der Waals surface area contributed by atoms with Crippen LogP contribution in [0, 0.1) is 11.6 Å². The summed E-state index contributed by atoms with van der Waals surface area (Å²) in [6, 6.07) is 11.1. The molecular formula is C13H11BF2O3. The minimum Gasteiger partial charge on any atom is -0.489 e. The van der Waals surface area contributed by atoms with Crippen molar-refractivity contribution in [3.63, 3.8) is 0 Å². The van der Waals surface area contributed by atoms with Crippen LogP contribution in [0.4, 0.5) is 8.78 Å². The predicted octanol–water partition coefficient (Wildman–Crippen LogP) is 1.22. The highest BCUT2D eigenvalue weighted by Crippen LogP contribution is 2.15. The van der Waals surface area contributed by atoms with E-state index in [0.29, 0.717) is 0 Å². The molecule has 0 bridgehead atoms. The quantitative estimate of drug-likeness (QED) is 0.816. The largest absolute Gasteiger partial charge is 0.495 e. The van der Waals surface area contributed by atoms with Crippen molar-refractivity contribution in [3.8, 4) is 5.75 Å². The minimum atomic E-state index is -2.14. The Bertz CT molecular complexity index is 561. The van der Waals surface area contributed by atoms with Gasteiger partial charge >= 0.3 is 7.12 Å². The Hall–Kier alpha value is -1.92. The molecule has 2 aromatic rings. The first-order valence-corrected chi connectivity index (χ1v) is 5.60. The summed E-state index contributed by atoms with van der Waals surface area (Å²) in [7, 11) is -2.14. The molecule has 19 heavy (non-hydrogen) atoms. The summed E-state index contributed by atoms with van der Waals surface area (Å²) in [5, 5.41) is 18.2. The van der Waals surface area contributed by atoms with Crippen LogP contribution < -0.4 is 10.2 Å². The van der Waals surface area contributed by atoms with Gasteiger partial charge in [0.15, 0.2) is 11.6 Å². The van der Waals surface area contributed by atoms with Crippen molar-refractivity contribution in [3.05, 3.63) is 59.7 Å². The molecule has 0 fully saturated rings. The SMILES string of the molecule is OB(O)c1c(OCc2ccccc2)ccc(F)c1F. The minimum absolute atomic E-state index is 0.0993. The lowest BCUT2D eigenvalue weighted by atomic mass is 9.79. The molecule has 0 atom stereocenters. The zero-order chi connectivity index (χ0) is 13.8. The number of hydrogen-bond acceptors (Lipinski definition) is 3. The van der Waals surface area contributed by atoms with E-state index in [4.69, 9.17) is 14.8 Å². The first-order valence-electron chi connectivity index (χ1n) is 5.60. The van der Waals surface area contributed by atoms with Crippen LogP contribution >= 0.6 is 0 Å². The molecule has 0 heterocycles. The number of halogens is 2. The molecule has 0 aromatic heterocycles. The molecule has 0 aliphatic heterocycles. The molecule has 3 nitrogen and oxygen atoms in total. The molecule has 0 radical (unpaired) electrons. The van der Waals surface area contributed by atoms with Crippen LogP contribution in [0.5, 0.6) is 5.75 Å². The van der Waals surface area contributed by atoms with Gasteiger partial charge in [0.25, 0.3) is 0 Å². The Morgan fingerprint density at radius 3 is 2.32 bits per heavy atom. The highest BCUT2D eigenvalue weighted by Gasteiger charge is 2.25. The van der Waals surface area contributed by atoms with Gasteiger partial charge in [-0.1, -0.05) is 30.3 Å². The van der Waals surface area contributed by atoms with Crippen LogP contribution in [-0.4, -0.2) is 17.2 Å². The highest BCUT2D eigenvalue weighted by atomic mass is 19.2. The Kier molecular flexibility index (Phi) is 4.14. The van der Waals surface area contributed by atoms with Crippen molar-refractivity contribution in [2.45, 2.75) is 6.61 Å². The molecule has 6 heteroatoms. The molecule has 98 valence electrons. The van der Waals surface area contributed by atoms with Gasteiger partial charge in [0.1, 0.15) is 12.4 Å². The lowest BCUT2D eigenvalue weighted by molar-refractivity contribution is 0.304. The van der Waals surface area contributed by atoms with Crippen molar-refractivity contribution in [2.24, 2.45) is 0 Å². The summed E-state index contributed by atoms with van der Waals surface area (Å²) < 4.78 is 31.8. The fourth-order valence-corrected chi connectivity index (χ4v) is 1.65. The third-order valence-corrected chi connectivity index (χ3v) is 2.59. The number of hydrogen-bond donors (Lipinski definition) is 2. The van der Waals surface area contributed by atoms with E-state index in [9.17, 15) is 8.78 Å². The molecule has 2 aromatic carbocycles. The lowest BCUT2D eigenvalue weighted by Gasteiger charge is -2.12. The number of benzene rings is 2. The van der Waals surface area contributed by atoms with E-state index >= 15 is 0 Å². The Morgan fingerprint density at radius 1 is 1.00 bits per heavy atom. The van der Waals surface area contributed by atoms with E-state index in [1.807, 2.05) is 18.2 Å². The molecule has 0 spiro atoms. The van der Waals surface area contributed by atoms with Crippen molar-refractivity contribution >= 4 is 12.6 Å². The van der Waals surface area contributed by atoms with Crippen molar-refractivity contribution in [1.82, 2.24) is 0 Å². The molecule has 0 amide bonds. The van der Waals surface area contributed by atoms with Gasteiger partial charge in [-0.3, -0.25) is 0 Å². The average molecular weight is 264 g/mol. The van der Waals surface area contributed by atoms with Gasteiger partial charge in [-0.15, -0.1) is 0 Å². The van der Waals surface area contributed by atoms with Gasteiger partial charge in [-0.25, -0.2) is 8.78 Å². The van der Waals surface area contributed by atoms with Gasteiger partial charge in [0.2, 0.25) is 0 Å². The second kappa shape index (κ2) is 5.82. The fourth-order valence-electron chi connectivity index (χ4n) is 1.65. The molecule has 2 rings (SSSR count). The molecule has 0 unspecified atom stereocenters. The van der Waals surface area contributed by atoms with Crippen molar-refractivity contribution in [2.75, 3.05) is 0 Å². The molecule has 0 saturated heterocycles. The van der Waals surface area contributed by atoms with Gasteiger partial charge in [-0.2, -0.15) is 0 Å². The normalized spacial score (nSPS) is 10.3. The van der Waals surface area contributed by atoms with E-state index in [2.05, 4.69) is 0 Å². The van der Waals surface area contributed by atoms with E-state index < -0.39 is 24.2 Å². The van der Waals surface area contributed by atoms with E-state index in [-0.39, 0.29) is 12.4 Å². The third-order valence-electron chi connectivity index (χ3n) is 2.59. The zero-order valence-corrected chi connectivity index (χ0v) is 9.88. The first kappa shape index (κ1) is 13.5. The molecule has 2 N–H and O–H groups in total. The Morgan fingerprint density at radius 2 is 1.68 bits per heavy atom. The summed E-state index contributed by atoms with van der Waals surface area (Å²) in [5.74, 6) is -2.58. The molecule has 0 aliphatic rings. The van der Waals surface area contributed by atoms with Gasteiger partial charge in [0, 0.05) is 0 Å². The third kappa shape index (κ3) is 3.10. The predicted molar refractivity (Wildman–Crippen MR) is 67.0 cm³/mol. The molecule has 0 saturated carbocycles. The standard InChI is InChI=1S/C13H11BF2O3/c15-10-6-7-11(12(13(10)16)14(17)18)19-8-9-4-2-1-3-5-9/h1-7,17-18H,8H2. The zero-order valence-electron chi connectivity index (χ0n) is 9.88. The van der Waals surface area contributed by atoms with Crippen LogP contribution in [0.2, 0.25) is 0 Å². The summed E-state index contributed by atoms with van der Waals surface area (Å²) in [5.41, 5.74) is 0.224. The Labute approximate surface area is 109 Å². The maximum Gasteiger partial charge on any atom is 0.495 e. The fraction of sp³-hybridized carbons (Fsp3) is 0.0769. The molecule has 0 aliphatic carbocycles. The van der Waals surface area contributed by atoms with Gasteiger partial charge in [0.05, 0.1) is 5.46 Å².